The Morgan fingerprint density at radius 3 is 2.44 bits per heavy atom. The number of halogens is 4. The third-order valence-electron chi connectivity index (χ3n) is 2.17. The number of benzene rings is 1. The van der Waals surface area contributed by atoms with Gasteiger partial charge in [0, 0.05) is 12.6 Å². The van der Waals surface area contributed by atoms with Crippen LogP contribution in [0.2, 0.25) is 0 Å². The molecule has 1 aromatic rings. The van der Waals surface area contributed by atoms with Crippen LogP contribution in [-0.2, 0) is 6.18 Å². The first-order valence-corrected chi connectivity index (χ1v) is 4.60. The highest BCUT2D eigenvalue weighted by molar-refractivity contribution is 5.33. The molecule has 90 valence electrons. The van der Waals surface area contributed by atoms with Gasteiger partial charge in [-0.2, -0.15) is 13.2 Å². The average molecular weight is 237 g/mol. The van der Waals surface area contributed by atoms with Crippen LogP contribution in [0, 0.1) is 5.82 Å². The van der Waals surface area contributed by atoms with Gasteiger partial charge in [-0.3, -0.25) is 0 Å². The summed E-state index contributed by atoms with van der Waals surface area (Å²) in [6.07, 6.45) is -4.83. The highest BCUT2D eigenvalue weighted by Gasteiger charge is 2.37. The maximum absolute atomic E-state index is 13.1. The van der Waals surface area contributed by atoms with Gasteiger partial charge in [0.05, 0.1) is 5.56 Å². The van der Waals surface area contributed by atoms with Crippen molar-refractivity contribution in [1.29, 1.82) is 0 Å². The number of nitrogens with two attached hydrogens (primary N) is 1. The van der Waals surface area contributed by atoms with Gasteiger partial charge in [-0.15, -0.1) is 0 Å². The van der Waals surface area contributed by atoms with Crippen LogP contribution < -0.4 is 5.73 Å². The molecule has 2 nitrogen and oxygen atoms in total. The Balaban J connectivity index is 3.23. The minimum atomic E-state index is -4.78. The van der Waals surface area contributed by atoms with Crippen molar-refractivity contribution in [3.8, 4) is 0 Å². The first-order valence-electron chi connectivity index (χ1n) is 4.60. The number of hydrogen-bond acceptors (Lipinski definition) is 2. The zero-order valence-corrected chi connectivity index (χ0v) is 8.26. The van der Waals surface area contributed by atoms with E-state index in [1.54, 1.807) is 0 Å². The van der Waals surface area contributed by atoms with Crippen molar-refractivity contribution in [2.45, 2.75) is 18.6 Å². The van der Waals surface area contributed by atoms with E-state index in [2.05, 4.69) is 0 Å². The molecule has 1 rings (SSSR count). The molecule has 3 N–H and O–H groups in total. The smallest absolute Gasteiger partial charge is 0.396 e. The van der Waals surface area contributed by atoms with Gasteiger partial charge >= 0.3 is 6.18 Å². The fourth-order valence-corrected chi connectivity index (χ4v) is 1.44. The van der Waals surface area contributed by atoms with Gasteiger partial charge in [0.2, 0.25) is 0 Å². The first-order chi connectivity index (χ1) is 7.38. The summed E-state index contributed by atoms with van der Waals surface area (Å²) in [6.45, 7) is -0.352. The molecule has 0 heterocycles. The standard InChI is InChI=1S/C10H11F4NO/c11-7-3-1-2-6(8(15)4-5-16)9(7)10(12,13)14/h1-3,8,16H,4-5,15H2/t8-/m0/s1. The van der Waals surface area contributed by atoms with Crippen LogP contribution in [0.1, 0.15) is 23.6 Å². The van der Waals surface area contributed by atoms with Crippen LogP contribution in [0.4, 0.5) is 17.6 Å². The summed E-state index contributed by atoms with van der Waals surface area (Å²) in [5.74, 6) is -1.35. The lowest BCUT2D eigenvalue weighted by Crippen LogP contribution is -2.20. The molecule has 0 saturated carbocycles. The molecule has 0 amide bonds. The predicted octanol–water partition coefficient (Wildman–Crippen LogP) is 2.23. The molecule has 0 bridgehead atoms. The molecule has 0 spiro atoms. The van der Waals surface area contributed by atoms with Crippen LogP contribution in [-0.4, -0.2) is 11.7 Å². The monoisotopic (exact) mass is 237 g/mol. The van der Waals surface area contributed by atoms with Gasteiger partial charge in [-0.05, 0) is 18.1 Å². The number of aliphatic hydroxyl groups is 1. The lowest BCUT2D eigenvalue weighted by molar-refractivity contribution is -0.140. The molecule has 6 heteroatoms. The molecular formula is C10H11F4NO. The SMILES string of the molecule is N[C@@H](CCO)c1cccc(F)c1C(F)(F)F. The second-order valence-corrected chi connectivity index (χ2v) is 3.32. The summed E-state index contributed by atoms with van der Waals surface area (Å²) in [5.41, 5.74) is 3.76. The van der Waals surface area contributed by atoms with Crippen molar-refractivity contribution in [3.63, 3.8) is 0 Å². The highest BCUT2D eigenvalue weighted by atomic mass is 19.4. The molecule has 0 aromatic heterocycles. The molecule has 1 aromatic carbocycles. The third kappa shape index (κ3) is 2.70. The van der Waals surface area contributed by atoms with E-state index >= 15 is 0 Å². The Morgan fingerprint density at radius 1 is 1.31 bits per heavy atom. The van der Waals surface area contributed by atoms with Gasteiger partial charge in [0.25, 0.3) is 0 Å². The molecule has 0 unspecified atom stereocenters. The number of rotatable bonds is 3. The Morgan fingerprint density at radius 2 is 1.94 bits per heavy atom. The zero-order chi connectivity index (χ0) is 12.3. The molecule has 0 aliphatic carbocycles. The zero-order valence-electron chi connectivity index (χ0n) is 8.26. The van der Waals surface area contributed by atoms with Gasteiger partial charge in [-0.25, -0.2) is 4.39 Å². The second-order valence-electron chi connectivity index (χ2n) is 3.32. The van der Waals surface area contributed by atoms with Crippen molar-refractivity contribution in [2.75, 3.05) is 6.61 Å². The molecule has 0 aliphatic rings. The third-order valence-corrected chi connectivity index (χ3v) is 2.17. The normalized spacial score (nSPS) is 13.9. The van der Waals surface area contributed by atoms with E-state index in [1.807, 2.05) is 0 Å². The van der Waals surface area contributed by atoms with E-state index in [0.29, 0.717) is 0 Å². The van der Waals surface area contributed by atoms with Crippen molar-refractivity contribution in [1.82, 2.24) is 0 Å². The molecular weight excluding hydrogens is 226 g/mol. The molecule has 0 radical (unpaired) electrons. The van der Waals surface area contributed by atoms with E-state index in [4.69, 9.17) is 10.8 Å². The highest BCUT2D eigenvalue weighted by Crippen LogP contribution is 2.36. The maximum Gasteiger partial charge on any atom is 0.419 e. The minimum Gasteiger partial charge on any atom is -0.396 e. The van der Waals surface area contributed by atoms with Crippen molar-refractivity contribution >= 4 is 0 Å². The number of hydrogen-bond donors (Lipinski definition) is 2. The summed E-state index contributed by atoms with van der Waals surface area (Å²) < 4.78 is 50.8. The second kappa shape index (κ2) is 4.80. The summed E-state index contributed by atoms with van der Waals surface area (Å²) in [6, 6.07) is 1.98. The minimum absolute atomic E-state index is 0.0491. The van der Waals surface area contributed by atoms with Crippen molar-refractivity contribution < 1.29 is 22.7 Å². The van der Waals surface area contributed by atoms with E-state index in [9.17, 15) is 17.6 Å². The molecule has 0 aliphatic heterocycles. The Hall–Kier alpha value is -1.14. The van der Waals surface area contributed by atoms with E-state index in [-0.39, 0.29) is 18.6 Å². The first kappa shape index (κ1) is 12.9. The van der Waals surface area contributed by atoms with Gasteiger partial charge < -0.3 is 10.8 Å². The maximum atomic E-state index is 13.1. The van der Waals surface area contributed by atoms with Crippen molar-refractivity contribution in [2.24, 2.45) is 5.73 Å². The van der Waals surface area contributed by atoms with Gasteiger partial charge in [0.15, 0.2) is 0 Å². The largest absolute Gasteiger partial charge is 0.419 e. The van der Waals surface area contributed by atoms with Crippen LogP contribution >= 0.6 is 0 Å². The lowest BCUT2D eigenvalue weighted by atomic mass is 9.98. The fourth-order valence-electron chi connectivity index (χ4n) is 1.44. The van der Waals surface area contributed by atoms with Crippen LogP contribution in [0.3, 0.4) is 0 Å². The van der Waals surface area contributed by atoms with Crippen LogP contribution in [0.25, 0.3) is 0 Å². The Bertz CT molecular complexity index is 364. The number of alkyl halides is 3. The average Bonchev–Trinajstić information content (AvgIpc) is 2.15. The van der Waals surface area contributed by atoms with E-state index < -0.39 is 23.6 Å². The van der Waals surface area contributed by atoms with E-state index in [1.165, 1.54) is 0 Å². The van der Waals surface area contributed by atoms with Crippen molar-refractivity contribution in [3.05, 3.63) is 35.1 Å². The summed E-state index contributed by atoms with van der Waals surface area (Å²) in [4.78, 5) is 0. The van der Waals surface area contributed by atoms with Crippen LogP contribution in [0.5, 0.6) is 0 Å². The Kier molecular flexibility index (Phi) is 3.88. The molecule has 1 atom stereocenters. The van der Waals surface area contributed by atoms with Gasteiger partial charge in [-0.1, -0.05) is 12.1 Å². The lowest BCUT2D eigenvalue weighted by Gasteiger charge is -2.18. The summed E-state index contributed by atoms with van der Waals surface area (Å²) >= 11 is 0. The molecule has 0 saturated heterocycles. The molecule has 16 heavy (non-hydrogen) atoms. The molecule has 0 fully saturated rings. The summed E-state index contributed by atoms with van der Waals surface area (Å²) in [7, 11) is 0. The van der Waals surface area contributed by atoms with E-state index in [0.717, 1.165) is 18.2 Å². The summed E-state index contributed by atoms with van der Waals surface area (Å²) in [5, 5.41) is 8.61. The topological polar surface area (TPSA) is 46.2 Å². The predicted molar refractivity (Wildman–Crippen MR) is 50.0 cm³/mol. The number of aliphatic hydroxyl groups excluding tert-OH is 1. The quantitative estimate of drug-likeness (QED) is 0.792. The van der Waals surface area contributed by atoms with Crippen LogP contribution in [0.15, 0.2) is 18.2 Å². The Labute approximate surface area is 89.7 Å². The fraction of sp³-hybridized carbons (Fsp3) is 0.400. The van der Waals surface area contributed by atoms with Gasteiger partial charge in [0.1, 0.15) is 5.82 Å².